The molecule has 1 aliphatic rings. The number of amides is 1. The van der Waals surface area contributed by atoms with Crippen LogP contribution in [0.25, 0.3) is 0 Å². The van der Waals surface area contributed by atoms with E-state index in [-0.39, 0.29) is 5.91 Å². The number of hydrogen-bond acceptors (Lipinski definition) is 4. The summed E-state index contributed by atoms with van der Waals surface area (Å²) in [6.07, 6.45) is 6.27. The molecule has 1 fully saturated rings. The van der Waals surface area contributed by atoms with Crippen LogP contribution in [0.2, 0.25) is 0 Å². The molecule has 2 aromatic carbocycles. The van der Waals surface area contributed by atoms with Crippen molar-refractivity contribution in [2.45, 2.75) is 37.8 Å². The first kappa shape index (κ1) is 21.1. The van der Waals surface area contributed by atoms with Crippen molar-refractivity contribution in [3.63, 3.8) is 0 Å². The number of aromatic nitrogens is 2. The maximum atomic E-state index is 12.3. The molecule has 0 atom stereocenters. The van der Waals surface area contributed by atoms with Gasteiger partial charge in [-0.05, 0) is 61.7 Å². The Bertz CT molecular complexity index is 1020. The van der Waals surface area contributed by atoms with Crippen molar-refractivity contribution in [2.24, 2.45) is 0 Å². The fourth-order valence-electron chi connectivity index (χ4n) is 4.13. The number of anilines is 1. The Kier molecular flexibility index (Phi) is 6.37. The fourth-order valence-corrected chi connectivity index (χ4v) is 4.13. The maximum absolute atomic E-state index is 12.3. The minimum Gasteiger partial charge on any atom is -0.497 e. The molecular formula is C25H30N4O2. The summed E-state index contributed by atoms with van der Waals surface area (Å²) >= 11 is 0. The predicted molar refractivity (Wildman–Crippen MR) is 122 cm³/mol. The van der Waals surface area contributed by atoms with Crippen LogP contribution >= 0.6 is 0 Å². The van der Waals surface area contributed by atoms with Crippen molar-refractivity contribution in [1.29, 1.82) is 0 Å². The zero-order valence-corrected chi connectivity index (χ0v) is 18.4. The highest BCUT2D eigenvalue weighted by atomic mass is 16.5. The van der Waals surface area contributed by atoms with Crippen LogP contribution in [0.3, 0.4) is 0 Å². The lowest BCUT2D eigenvalue weighted by molar-refractivity contribution is -0.115. The van der Waals surface area contributed by atoms with Gasteiger partial charge in [-0.1, -0.05) is 36.4 Å². The number of ether oxygens (including phenoxy) is 1. The van der Waals surface area contributed by atoms with Gasteiger partial charge < -0.3 is 19.5 Å². The first-order chi connectivity index (χ1) is 15.0. The lowest BCUT2D eigenvalue weighted by Crippen LogP contribution is -2.24. The zero-order chi connectivity index (χ0) is 21.8. The number of methoxy groups -OCH3 is 1. The zero-order valence-electron chi connectivity index (χ0n) is 18.4. The second kappa shape index (κ2) is 9.35. The molecule has 6 heteroatoms. The van der Waals surface area contributed by atoms with Crippen LogP contribution in [0.5, 0.6) is 5.75 Å². The SMILES string of the molecule is COc1ccc(CC(=O)Nc2cn(C3CC(c4cccc(CN(C)C)c4)C3)cn2)cc1. The largest absolute Gasteiger partial charge is 0.497 e. The molecule has 0 aliphatic heterocycles. The Morgan fingerprint density at radius 2 is 1.94 bits per heavy atom. The fraction of sp³-hybridized carbons (Fsp3) is 0.360. The molecule has 1 aliphatic carbocycles. The van der Waals surface area contributed by atoms with Crippen molar-refractivity contribution >= 4 is 11.7 Å². The first-order valence-corrected chi connectivity index (χ1v) is 10.7. The van der Waals surface area contributed by atoms with Crippen LogP contribution in [-0.2, 0) is 17.8 Å². The van der Waals surface area contributed by atoms with Gasteiger partial charge in [-0.3, -0.25) is 4.79 Å². The van der Waals surface area contributed by atoms with Gasteiger partial charge in [0.05, 0.1) is 19.9 Å². The average molecular weight is 419 g/mol. The Morgan fingerprint density at radius 1 is 1.16 bits per heavy atom. The third-order valence-corrected chi connectivity index (χ3v) is 5.85. The molecule has 1 aromatic heterocycles. The molecule has 4 rings (SSSR count). The normalized spacial score (nSPS) is 17.9. The summed E-state index contributed by atoms with van der Waals surface area (Å²) in [5.74, 6) is 1.91. The monoisotopic (exact) mass is 418 g/mol. The molecular weight excluding hydrogens is 388 g/mol. The molecule has 1 saturated carbocycles. The summed E-state index contributed by atoms with van der Waals surface area (Å²) in [4.78, 5) is 18.9. The molecule has 0 spiro atoms. The summed E-state index contributed by atoms with van der Waals surface area (Å²) in [6, 6.07) is 16.9. The molecule has 0 bridgehead atoms. The number of carbonyl (C=O) groups is 1. The highest BCUT2D eigenvalue weighted by molar-refractivity contribution is 5.91. The lowest BCUT2D eigenvalue weighted by Gasteiger charge is -2.36. The third kappa shape index (κ3) is 5.33. The molecule has 0 unspecified atom stereocenters. The molecule has 3 aromatic rings. The van der Waals surface area contributed by atoms with E-state index in [1.807, 2.05) is 36.8 Å². The summed E-state index contributed by atoms with van der Waals surface area (Å²) in [7, 11) is 5.82. The number of rotatable bonds is 8. The van der Waals surface area contributed by atoms with Gasteiger partial charge in [0, 0.05) is 18.8 Å². The summed E-state index contributed by atoms with van der Waals surface area (Å²) in [5, 5.41) is 2.90. The molecule has 1 amide bonds. The van der Waals surface area contributed by atoms with E-state index in [0.717, 1.165) is 30.7 Å². The van der Waals surface area contributed by atoms with Crippen LogP contribution in [0.1, 0.15) is 41.5 Å². The third-order valence-electron chi connectivity index (χ3n) is 5.85. The predicted octanol–water partition coefficient (Wildman–Crippen LogP) is 4.25. The molecule has 162 valence electrons. The minimum atomic E-state index is -0.0698. The maximum Gasteiger partial charge on any atom is 0.229 e. The highest BCUT2D eigenvalue weighted by Gasteiger charge is 2.31. The first-order valence-electron chi connectivity index (χ1n) is 10.7. The van der Waals surface area contributed by atoms with E-state index in [1.165, 1.54) is 11.1 Å². The summed E-state index contributed by atoms with van der Waals surface area (Å²) in [5.41, 5.74) is 3.72. The Balaban J connectivity index is 1.29. The highest BCUT2D eigenvalue weighted by Crippen LogP contribution is 2.45. The molecule has 6 nitrogen and oxygen atoms in total. The van der Waals surface area contributed by atoms with E-state index in [4.69, 9.17) is 4.74 Å². The number of nitrogens with zero attached hydrogens (tertiary/aromatic N) is 3. The Morgan fingerprint density at radius 3 is 2.65 bits per heavy atom. The summed E-state index contributed by atoms with van der Waals surface area (Å²) in [6.45, 7) is 0.963. The molecule has 1 heterocycles. The van der Waals surface area contributed by atoms with Gasteiger partial charge in [0.25, 0.3) is 0 Å². The van der Waals surface area contributed by atoms with Crippen molar-refractivity contribution < 1.29 is 9.53 Å². The van der Waals surface area contributed by atoms with Gasteiger partial charge in [0.15, 0.2) is 5.82 Å². The van der Waals surface area contributed by atoms with Gasteiger partial charge in [0.2, 0.25) is 5.91 Å². The quantitative estimate of drug-likeness (QED) is 0.594. The molecule has 0 saturated heterocycles. The van der Waals surface area contributed by atoms with Crippen molar-refractivity contribution in [3.8, 4) is 5.75 Å². The number of carbonyl (C=O) groups excluding carboxylic acids is 1. The topological polar surface area (TPSA) is 59.4 Å². The number of imidazole rings is 1. The second-order valence-electron chi connectivity index (χ2n) is 8.58. The van der Waals surface area contributed by atoms with Crippen LogP contribution in [0, 0.1) is 0 Å². The lowest BCUT2D eigenvalue weighted by atomic mass is 9.75. The van der Waals surface area contributed by atoms with E-state index in [1.54, 1.807) is 7.11 Å². The van der Waals surface area contributed by atoms with Crippen LogP contribution in [-0.4, -0.2) is 41.6 Å². The van der Waals surface area contributed by atoms with Gasteiger partial charge in [-0.25, -0.2) is 4.98 Å². The smallest absolute Gasteiger partial charge is 0.229 e. The Labute approximate surface area is 183 Å². The number of benzene rings is 2. The van der Waals surface area contributed by atoms with E-state index >= 15 is 0 Å². The average Bonchev–Trinajstić information content (AvgIpc) is 3.15. The van der Waals surface area contributed by atoms with Gasteiger partial charge in [-0.2, -0.15) is 0 Å². The molecule has 0 radical (unpaired) electrons. The summed E-state index contributed by atoms with van der Waals surface area (Å²) < 4.78 is 7.28. The van der Waals surface area contributed by atoms with E-state index in [2.05, 4.69) is 58.1 Å². The van der Waals surface area contributed by atoms with E-state index in [9.17, 15) is 4.79 Å². The van der Waals surface area contributed by atoms with Crippen LogP contribution < -0.4 is 10.1 Å². The van der Waals surface area contributed by atoms with Crippen LogP contribution in [0.15, 0.2) is 61.1 Å². The van der Waals surface area contributed by atoms with Crippen molar-refractivity contribution in [2.75, 3.05) is 26.5 Å². The Hall–Kier alpha value is -3.12. The molecule has 1 N–H and O–H groups in total. The van der Waals surface area contributed by atoms with Crippen molar-refractivity contribution in [1.82, 2.24) is 14.5 Å². The number of hydrogen-bond donors (Lipinski definition) is 1. The van der Waals surface area contributed by atoms with Gasteiger partial charge >= 0.3 is 0 Å². The van der Waals surface area contributed by atoms with E-state index in [0.29, 0.717) is 24.2 Å². The van der Waals surface area contributed by atoms with Crippen LogP contribution in [0.4, 0.5) is 5.82 Å². The second-order valence-corrected chi connectivity index (χ2v) is 8.58. The van der Waals surface area contributed by atoms with Gasteiger partial charge in [-0.15, -0.1) is 0 Å². The minimum absolute atomic E-state index is 0.0698. The van der Waals surface area contributed by atoms with Crippen molar-refractivity contribution in [3.05, 3.63) is 77.7 Å². The van der Waals surface area contributed by atoms with E-state index < -0.39 is 0 Å². The number of nitrogens with one attached hydrogen (secondary N) is 1. The van der Waals surface area contributed by atoms with Gasteiger partial charge in [0.1, 0.15) is 5.75 Å². The molecule has 31 heavy (non-hydrogen) atoms. The standard InChI is InChI=1S/C25H30N4O2/c1-28(2)15-19-5-4-6-20(11-19)21-13-22(14-21)29-16-24(26-17-29)27-25(30)12-18-7-9-23(31-3)10-8-18/h4-11,16-17,21-22H,12-15H2,1-3H3,(H,27,30).